The number of benzene rings is 1. The van der Waals surface area contributed by atoms with Gasteiger partial charge in [-0.2, -0.15) is 4.98 Å². The first kappa shape index (κ1) is 18.6. The van der Waals surface area contributed by atoms with E-state index in [2.05, 4.69) is 56.7 Å². The van der Waals surface area contributed by atoms with E-state index in [0.717, 1.165) is 43.9 Å². The van der Waals surface area contributed by atoms with E-state index in [1.165, 1.54) is 10.5 Å². The van der Waals surface area contributed by atoms with Gasteiger partial charge in [-0.05, 0) is 18.1 Å². The van der Waals surface area contributed by atoms with Crippen molar-refractivity contribution in [1.29, 1.82) is 0 Å². The average Bonchev–Trinajstić information content (AvgIpc) is 2.72. The fraction of sp³-hybridized carbons (Fsp3) is 0.450. The van der Waals surface area contributed by atoms with Crippen LogP contribution in [0.1, 0.15) is 29.7 Å². The zero-order chi connectivity index (χ0) is 19.5. The van der Waals surface area contributed by atoms with E-state index >= 15 is 0 Å². The van der Waals surface area contributed by atoms with Crippen molar-refractivity contribution in [2.75, 3.05) is 43.4 Å². The molecule has 1 atom stereocenters. The third-order valence-electron chi connectivity index (χ3n) is 5.23. The maximum atomic E-state index is 11.7. The molecule has 148 valence electrons. The highest BCUT2D eigenvalue weighted by Crippen LogP contribution is 2.25. The van der Waals surface area contributed by atoms with Crippen LogP contribution in [0, 0.1) is 0 Å². The number of amides is 1. The summed E-state index contributed by atoms with van der Waals surface area (Å²) in [5.41, 5.74) is 3.29. The molecule has 0 radical (unpaired) electrons. The summed E-state index contributed by atoms with van der Waals surface area (Å²) in [6.07, 6.45) is 1.31. The molecule has 2 N–H and O–H groups in total. The molecule has 8 heteroatoms. The van der Waals surface area contributed by atoms with Crippen LogP contribution < -0.4 is 15.5 Å². The molecule has 1 unspecified atom stereocenters. The first-order valence-corrected chi connectivity index (χ1v) is 9.65. The van der Waals surface area contributed by atoms with Crippen molar-refractivity contribution in [3.05, 3.63) is 47.2 Å². The van der Waals surface area contributed by atoms with Crippen LogP contribution in [-0.2, 0) is 17.9 Å². The lowest BCUT2D eigenvalue weighted by Crippen LogP contribution is -2.42. The van der Waals surface area contributed by atoms with Gasteiger partial charge in [-0.15, -0.1) is 0 Å². The van der Waals surface area contributed by atoms with Gasteiger partial charge in [0.25, 0.3) is 0 Å². The number of cyclic esters (lactones) is 1. The average molecular weight is 382 g/mol. The van der Waals surface area contributed by atoms with Crippen molar-refractivity contribution >= 4 is 17.9 Å². The molecule has 1 aromatic heterocycles. The van der Waals surface area contributed by atoms with Crippen molar-refractivity contribution < 1.29 is 9.53 Å². The summed E-state index contributed by atoms with van der Waals surface area (Å²) in [5, 5.41) is 6.71. The molecule has 0 spiro atoms. The molecule has 4 rings (SSSR count). The van der Waals surface area contributed by atoms with Gasteiger partial charge >= 0.3 is 6.09 Å². The van der Waals surface area contributed by atoms with Crippen LogP contribution in [0.5, 0.6) is 0 Å². The summed E-state index contributed by atoms with van der Waals surface area (Å²) in [7, 11) is 1.65. The molecule has 0 bridgehead atoms. The number of carbonyl (C=O) groups is 1. The third kappa shape index (κ3) is 4.07. The Balaban J connectivity index is 1.41. The van der Waals surface area contributed by atoms with Crippen molar-refractivity contribution in [2.45, 2.75) is 26.1 Å². The van der Waals surface area contributed by atoms with Crippen LogP contribution in [0.15, 0.2) is 30.5 Å². The van der Waals surface area contributed by atoms with Crippen molar-refractivity contribution in [1.82, 2.24) is 20.2 Å². The highest BCUT2D eigenvalue weighted by Gasteiger charge is 2.24. The summed E-state index contributed by atoms with van der Waals surface area (Å²) in [6.45, 7) is 7.59. The molecule has 8 nitrogen and oxygen atoms in total. The molecule has 1 amide bonds. The largest absolute Gasteiger partial charge is 0.444 e. The minimum atomic E-state index is -0.398. The SMILES string of the molecule is CC(Nc1ncc2c(n1)N(C)C(=O)OC2)c1ccc(CN2CCNCC2)cc1. The minimum absolute atomic E-state index is 0.0483. The molecular formula is C20H26N6O2. The van der Waals surface area contributed by atoms with Crippen LogP contribution in [-0.4, -0.2) is 54.2 Å². The van der Waals surface area contributed by atoms with Crippen molar-refractivity contribution in [3.63, 3.8) is 0 Å². The van der Waals surface area contributed by atoms with E-state index in [1.54, 1.807) is 13.2 Å². The second-order valence-electron chi connectivity index (χ2n) is 7.29. The standard InChI is InChI=1S/C20H26N6O2/c1-14(16-5-3-15(4-6-16)12-26-9-7-21-8-10-26)23-19-22-11-17-13-28-20(27)25(2)18(17)24-19/h3-6,11,14,21H,7-10,12-13H2,1-2H3,(H,22,23,24). The lowest BCUT2D eigenvalue weighted by molar-refractivity contribution is 0.143. The fourth-order valence-corrected chi connectivity index (χ4v) is 3.50. The molecule has 0 saturated carbocycles. The zero-order valence-electron chi connectivity index (χ0n) is 16.3. The van der Waals surface area contributed by atoms with Crippen LogP contribution in [0.4, 0.5) is 16.6 Å². The Bertz CT molecular complexity index is 835. The van der Waals surface area contributed by atoms with Gasteiger partial charge in [0.15, 0.2) is 0 Å². The molecular weight excluding hydrogens is 356 g/mol. The highest BCUT2D eigenvalue weighted by molar-refractivity contribution is 5.88. The van der Waals surface area contributed by atoms with Crippen LogP contribution in [0.2, 0.25) is 0 Å². The number of hydrogen-bond donors (Lipinski definition) is 2. The second kappa shape index (κ2) is 8.12. The molecule has 2 aliphatic heterocycles. The fourth-order valence-electron chi connectivity index (χ4n) is 3.50. The van der Waals surface area contributed by atoms with Gasteiger partial charge in [0, 0.05) is 46.0 Å². The highest BCUT2D eigenvalue weighted by atomic mass is 16.6. The Hall–Kier alpha value is -2.71. The smallest absolute Gasteiger partial charge is 0.415 e. The lowest BCUT2D eigenvalue weighted by atomic mass is 10.1. The number of ether oxygens (including phenoxy) is 1. The number of piperazine rings is 1. The minimum Gasteiger partial charge on any atom is -0.444 e. The maximum absolute atomic E-state index is 11.7. The number of carbonyl (C=O) groups excluding carboxylic acids is 1. The number of fused-ring (bicyclic) bond motifs is 1. The van der Waals surface area contributed by atoms with E-state index in [1.807, 2.05) is 0 Å². The molecule has 1 fully saturated rings. The number of nitrogens with one attached hydrogen (secondary N) is 2. The molecule has 2 aliphatic rings. The molecule has 3 heterocycles. The molecule has 28 heavy (non-hydrogen) atoms. The molecule has 2 aromatic rings. The Morgan fingerprint density at radius 1 is 1.25 bits per heavy atom. The van der Waals surface area contributed by atoms with Gasteiger partial charge in [0.1, 0.15) is 12.4 Å². The monoisotopic (exact) mass is 382 g/mol. The van der Waals surface area contributed by atoms with Crippen molar-refractivity contribution in [2.24, 2.45) is 0 Å². The van der Waals surface area contributed by atoms with Gasteiger partial charge < -0.3 is 15.4 Å². The Morgan fingerprint density at radius 3 is 2.75 bits per heavy atom. The van der Waals surface area contributed by atoms with Crippen LogP contribution in [0.25, 0.3) is 0 Å². The Morgan fingerprint density at radius 2 is 2.00 bits per heavy atom. The first-order chi connectivity index (χ1) is 13.6. The summed E-state index contributed by atoms with van der Waals surface area (Å²) in [6, 6.07) is 8.72. The van der Waals surface area contributed by atoms with Crippen LogP contribution in [0.3, 0.4) is 0 Å². The number of rotatable bonds is 5. The van der Waals surface area contributed by atoms with Crippen LogP contribution >= 0.6 is 0 Å². The Labute approximate surface area is 164 Å². The van der Waals surface area contributed by atoms with E-state index in [4.69, 9.17) is 4.74 Å². The predicted octanol–water partition coefficient (Wildman–Crippen LogP) is 2.14. The number of aromatic nitrogens is 2. The summed E-state index contributed by atoms with van der Waals surface area (Å²) < 4.78 is 5.05. The van der Waals surface area contributed by atoms with Gasteiger partial charge in [-0.25, -0.2) is 9.78 Å². The summed E-state index contributed by atoms with van der Waals surface area (Å²) in [4.78, 5) is 24.4. The van der Waals surface area contributed by atoms with Crippen molar-refractivity contribution in [3.8, 4) is 0 Å². The number of hydrogen-bond acceptors (Lipinski definition) is 7. The van der Waals surface area contributed by atoms with E-state index in [0.29, 0.717) is 11.8 Å². The molecule has 1 saturated heterocycles. The van der Waals surface area contributed by atoms with Gasteiger partial charge in [-0.3, -0.25) is 9.80 Å². The van der Waals surface area contributed by atoms with E-state index < -0.39 is 6.09 Å². The zero-order valence-corrected chi connectivity index (χ0v) is 16.3. The third-order valence-corrected chi connectivity index (χ3v) is 5.23. The quantitative estimate of drug-likeness (QED) is 0.820. The maximum Gasteiger partial charge on any atom is 0.415 e. The second-order valence-corrected chi connectivity index (χ2v) is 7.29. The summed E-state index contributed by atoms with van der Waals surface area (Å²) in [5.74, 6) is 1.09. The number of anilines is 2. The lowest BCUT2D eigenvalue weighted by Gasteiger charge is -2.27. The first-order valence-electron chi connectivity index (χ1n) is 9.65. The van der Waals surface area contributed by atoms with Gasteiger partial charge in [0.2, 0.25) is 5.95 Å². The normalized spacial score (nSPS) is 18.4. The topological polar surface area (TPSA) is 82.6 Å². The van der Waals surface area contributed by atoms with E-state index in [-0.39, 0.29) is 12.6 Å². The van der Waals surface area contributed by atoms with Gasteiger partial charge in [-0.1, -0.05) is 24.3 Å². The van der Waals surface area contributed by atoms with E-state index in [9.17, 15) is 4.79 Å². The predicted molar refractivity (Wildman–Crippen MR) is 107 cm³/mol. The Kier molecular flexibility index (Phi) is 5.40. The summed E-state index contributed by atoms with van der Waals surface area (Å²) >= 11 is 0. The number of nitrogens with zero attached hydrogens (tertiary/aromatic N) is 4. The van der Waals surface area contributed by atoms with Gasteiger partial charge in [0.05, 0.1) is 11.6 Å². The molecule has 1 aromatic carbocycles. The molecule has 0 aliphatic carbocycles.